The van der Waals surface area contributed by atoms with Crippen molar-refractivity contribution in [2.45, 2.75) is 57.0 Å². The first-order chi connectivity index (χ1) is 6.62. The Hall–Kier alpha value is 0.430. The molecular formula is C11H23BrO2S. The lowest BCUT2D eigenvalue weighted by Crippen LogP contribution is -2.31. The summed E-state index contributed by atoms with van der Waals surface area (Å²) in [4.78, 5) is 0.424. The van der Waals surface area contributed by atoms with Crippen LogP contribution in [0.2, 0.25) is 0 Å². The van der Waals surface area contributed by atoms with Crippen molar-refractivity contribution in [2.75, 3.05) is 5.75 Å². The Bertz CT molecular complexity index is 277. The molecule has 0 aromatic rings. The molecule has 0 N–H and O–H groups in total. The number of rotatable bonds is 5. The van der Waals surface area contributed by atoms with Gasteiger partial charge in [-0.05, 0) is 39.5 Å². The van der Waals surface area contributed by atoms with E-state index in [9.17, 15) is 8.42 Å². The Morgan fingerprint density at radius 1 is 1.27 bits per heavy atom. The maximum Gasteiger partial charge on any atom is 0.155 e. The number of sulfone groups is 1. The lowest BCUT2D eigenvalue weighted by atomic mass is 10.0. The van der Waals surface area contributed by atoms with E-state index < -0.39 is 14.6 Å². The second-order valence-electron chi connectivity index (χ2n) is 5.12. The zero-order chi connectivity index (χ0) is 12.3. The van der Waals surface area contributed by atoms with Crippen LogP contribution < -0.4 is 0 Å². The molecule has 0 amide bonds. The predicted molar refractivity (Wildman–Crippen MR) is 70.3 cm³/mol. The van der Waals surface area contributed by atoms with Crippen LogP contribution in [0.1, 0.15) is 47.5 Å². The molecule has 0 radical (unpaired) electrons. The number of halogens is 1. The first-order valence-electron chi connectivity index (χ1n) is 5.48. The van der Waals surface area contributed by atoms with Gasteiger partial charge >= 0.3 is 0 Å². The lowest BCUT2D eigenvalue weighted by Gasteiger charge is -2.22. The molecule has 92 valence electrons. The van der Waals surface area contributed by atoms with E-state index in [1.54, 1.807) is 20.8 Å². The van der Waals surface area contributed by atoms with E-state index in [-0.39, 0.29) is 0 Å². The van der Waals surface area contributed by atoms with Crippen molar-refractivity contribution in [1.82, 2.24) is 0 Å². The van der Waals surface area contributed by atoms with Crippen LogP contribution >= 0.6 is 15.9 Å². The van der Waals surface area contributed by atoms with Gasteiger partial charge in [-0.25, -0.2) is 8.42 Å². The van der Waals surface area contributed by atoms with Gasteiger partial charge in [0.1, 0.15) is 0 Å². The SMILES string of the molecule is CCC(Br)C(C)CCS(=O)(=O)C(C)(C)C. The van der Waals surface area contributed by atoms with E-state index in [1.807, 2.05) is 0 Å². The highest BCUT2D eigenvalue weighted by atomic mass is 79.9. The molecule has 0 saturated carbocycles. The first kappa shape index (κ1) is 15.4. The van der Waals surface area contributed by atoms with Crippen LogP contribution in [0.25, 0.3) is 0 Å². The zero-order valence-electron chi connectivity index (χ0n) is 10.4. The predicted octanol–water partition coefficient (Wildman–Crippen LogP) is 3.40. The lowest BCUT2D eigenvalue weighted by molar-refractivity contribution is 0.512. The molecule has 0 saturated heterocycles. The molecule has 0 aliphatic rings. The van der Waals surface area contributed by atoms with Crippen molar-refractivity contribution in [3.8, 4) is 0 Å². The molecule has 0 rings (SSSR count). The topological polar surface area (TPSA) is 34.1 Å². The van der Waals surface area contributed by atoms with Gasteiger partial charge in [0.15, 0.2) is 9.84 Å². The van der Waals surface area contributed by atoms with Gasteiger partial charge < -0.3 is 0 Å². The Kier molecular flexibility index (Phi) is 5.83. The summed E-state index contributed by atoms with van der Waals surface area (Å²) < 4.78 is 23.1. The van der Waals surface area contributed by atoms with Crippen molar-refractivity contribution in [3.63, 3.8) is 0 Å². The third kappa shape index (κ3) is 4.85. The summed E-state index contributed by atoms with van der Waals surface area (Å²) in [6.45, 7) is 9.49. The van der Waals surface area contributed by atoms with Crippen LogP contribution in [-0.4, -0.2) is 23.7 Å². The highest BCUT2D eigenvalue weighted by Crippen LogP contribution is 2.23. The fourth-order valence-corrected chi connectivity index (χ4v) is 2.79. The average Bonchev–Trinajstić information content (AvgIpc) is 2.11. The van der Waals surface area contributed by atoms with Crippen LogP contribution in [0, 0.1) is 5.92 Å². The summed E-state index contributed by atoms with van der Waals surface area (Å²) in [5.74, 6) is 0.701. The summed E-state index contributed by atoms with van der Waals surface area (Å²) in [7, 11) is -2.96. The van der Waals surface area contributed by atoms with Crippen LogP contribution in [-0.2, 0) is 9.84 Å². The first-order valence-corrected chi connectivity index (χ1v) is 8.05. The Morgan fingerprint density at radius 3 is 2.07 bits per heavy atom. The van der Waals surface area contributed by atoms with Gasteiger partial charge in [-0.2, -0.15) is 0 Å². The van der Waals surface area contributed by atoms with Gasteiger partial charge in [-0.15, -0.1) is 0 Å². The van der Waals surface area contributed by atoms with Crippen molar-refractivity contribution >= 4 is 25.8 Å². The molecule has 0 fully saturated rings. The zero-order valence-corrected chi connectivity index (χ0v) is 12.8. The summed E-state index contributed by atoms with van der Waals surface area (Å²) in [6, 6.07) is 0. The van der Waals surface area contributed by atoms with Gasteiger partial charge in [0.2, 0.25) is 0 Å². The molecule has 15 heavy (non-hydrogen) atoms. The van der Waals surface area contributed by atoms with Crippen molar-refractivity contribution in [2.24, 2.45) is 5.92 Å². The van der Waals surface area contributed by atoms with Crippen LogP contribution in [0.3, 0.4) is 0 Å². The standard InChI is InChI=1S/C11H23BrO2S/c1-6-10(12)9(2)7-8-15(13,14)11(3,4)5/h9-10H,6-8H2,1-5H3. The highest BCUT2D eigenvalue weighted by Gasteiger charge is 2.29. The third-order valence-electron chi connectivity index (χ3n) is 2.78. The van der Waals surface area contributed by atoms with E-state index >= 15 is 0 Å². The molecule has 2 atom stereocenters. The molecule has 4 heteroatoms. The number of hydrogen-bond donors (Lipinski definition) is 0. The second kappa shape index (κ2) is 5.67. The molecule has 0 aliphatic carbocycles. The van der Waals surface area contributed by atoms with Crippen molar-refractivity contribution in [1.29, 1.82) is 0 Å². The van der Waals surface area contributed by atoms with Crippen LogP contribution in [0.5, 0.6) is 0 Å². The Morgan fingerprint density at radius 2 is 1.73 bits per heavy atom. The van der Waals surface area contributed by atoms with Gasteiger partial charge in [0, 0.05) is 4.83 Å². The quantitative estimate of drug-likeness (QED) is 0.729. The molecule has 0 spiro atoms. The van der Waals surface area contributed by atoms with Gasteiger partial charge in [0.05, 0.1) is 10.5 Å². The third-order valence-corrected chi connectivity index (χ3v) is 6.97. The molecule has 0 aromatic carbocycles. The summed E-state index contributed by atoms with van der Waals surface area (Å²) in [6.07, 6.45) is 1.78. The van der Waals surface area contributed by atoms with Crippen molar-refractivity contribution in [3.05, 3.63) is 0 Å². The van der Waals surface area contributed by atoms with Gasteiger partial charge in [0.25, 0.3) is 0 Å². The minimum Gasteiger partial charge on any atom is -0.228 e. The largest absolute Gasteiger partial charge is 0.228 e. The van der Waals surface area contributed by atoms with E-state index in [1.165, 1.54) is 0 Å². The normalized spacial score (nSPS) is 17.5. The van der Waals surface area contributed by atoms with E-state index in [2.05, 4.69) is 29.8 Å². The smallest absolute Gasteiger partial charge is 0.155 e. The molecule has 0 aliphatic heterocycles. The molecule has 2 unspecified atom stereocenters. The summed E-state index contributed by atoms with van der Waals surface area (Å²) in [5, 5.41) is 0. The Labute approximate surface area is 103 Å². The van der Waals surface area contributed by atoms with Gasteiger partial charge in [-0.1, -0.05) is 29.8 Å². The van der Waals surface area contributed by atoms with Crippen LogP contribution in [0.15, 0.2) is 0 Å². The van der Waals surface area contributed by atoms with Gasteiger partial charge in [-0.3, -0.25) is 0 Å². The molecule has 0 bridgehead atoms. The monoisotopic (exact) mass is 298 g/mol. The highest BCUT2D eigenvalue weighted by molar-refractivity contribution is 9.09. The maximum absolute atomic E-state index is 11.9. The van der Waals surface area contributed by atoms with E-state index in [0.29, 0.717) is 16.5 Å². The minimum absolute atomic E-state index is 0.291. The fourth-order valence-electron chi connectivity index (χ4n) is 1.23. The fraction of sp³-hybridized carbons (Fsp3) is 1.00. The summed E-state index contributed by atoms with van der Waals surface area (Å²) in [5.41, 5.74) is 0. The number of alkyl halides is 1. The molecule has 0 aromatic heterocycles. The van der Waals surface area contributed by atoms with Crippen LogP contribution in [0.4, 0.5) is 0 Å². The molecule has 0 heterocycles. The summed E-state index contributed by atoms with van der Waals surface area (Å²) >= 11 is 3.57. The second-order valence-corrected chi connectivity index (χ2v) is 9.16. The molecular weight excluding hydrogens is 276 g/mol. The number of hydrogen-bond acceptors (Lipinski definition) is 2. The maximum atomic E-state index is 11.9. The Balaban J connectivity index is 4.29. The van der Waals surface area contributed by atoms with Crippen molar-refractivity contribution < 1.29 is 8.42 Å². The minimum atomic E-state index is -2.96. The van der Waals surface area contributed by atoms with E-state index in [4.69, 9.17) is 0 Å². The van der Waals surface area contributed by atoms with E-state index in [0.717, 1.165) is 12.8 Å². The average molecular weight is 299 g/mol. The molecule has 2 nitrogen and oxygen atoms in total.